The third kappa shape index (κ3) is 3.06. The first-order valence-corrected chi connectivity index (χ1v) is 9.34. The van der Waals surface area contributed by atoms with Gasteiger partial charge < -0.3 is 14.5 Å². The van der Waals surface area contributed by atoms with Crippen LogP contribution in [0.15, 0.2) is 53.0 Å². The Labute approximate surface area is 164 Å². The number of rotatable bonds is 4. The van der Waals surface area contributed by atoms with E-state index in [1.165, 1.54) is 7.11 Å². The van der Waals surface area contributed by atoms with Gasteiger partial charge in [0.25, 0.3) is 0 Å². The number of methoxy groups -OCH3 is 1. The van der Waals surface area contributed by atoms with Gasteiger partial charge in [-0.1, -0.05) is 34.1 Å². The average molecular weight is 425 g/mol. The smallest absolute Gasteiger partial charge is 0.356 e. The summed E-state index contributed by atoms with van der Waals surface area (Å²) in [5.41, 5.74) is 3.55. The number of aromatic nitrogens is 2. The van der Waals surface area contributed by atoms with Crippen LogP contribution in [0.1, 0.15) is 17.4 Å². The van der Waals surface area contributed by atoms with Crippen LogP contribution in [0.4, 0.5) is 0 Å². The predicted molar refractivity (Wildman–Crippen MR) is 109 cm³/mol. The molecule has 4 rings (SSSR count). The molecule has 0 radical (unpaired) electrons. The van der Waals surface area contributed by atoms with Crippen LogP contribution in [0.5, 0.6) is 5.75 Å². The Balaban J connectivity index is 2.09. The number of esters is 1. The molecule has 0 fully saturated rings. The van der Waals surface area contributed by atoms with Gasteiger partial charge in [0.15, 0.2) is 0 Å². The van der Waals surface area contributed by atoms with Crippen molar-refractivity contribution in [1.29, 1.82) is 0 Å². The predicted octanol–water partition coefficient (Wildman–Crippen LogP) is 5.33. The number of nitrogens with zero attached hydrogens (tertiary/aromatic N) is 1. The van der Waals surface area contributed by atoms with E-state index >= 15 is 0 Å². The van der Waals surface area contributed by atoms with Gasteiger partial charge in [0.05, 0.1) is 24.9 Å². The number of benzene rings is 2. The quantitative estimate of drug-likeness (QED) is 0.449. The molecule has 1 N–H and O–H groups in total. The standard InChI is InChI=1S/C21H17BrN2O3/c1-3-27-18-10-12(22)8-9-14(18)19-20-15(11-17(24-19)21(25)26-2)13-6-4-5-7-16(13)23-20/h4-11,23H,3H2,1-2H3. The van der Waals surface area contributed by atoms with E-state index in [0.717, 1.165) is 31.8 Å². The number of pyridine rings is 1. The number of halogens is 1. The second-order valence-electron chi connectivity index (χ2n) is 6.01. The fourth-order valence-electron chi connectivity index (χ4n) is 3.22. The van der Waals surface area contributed by atoms with Crippen LogP contribution in [0.3, 0.4) is 0 Å². The van der Waals surface area contributed by atoms with E-state index in [4.69, 9.17) is 9.47 Å². The average Bonchev–Trinajstić information content (AvgIpc) is 3.06. The zero-order valence-electron chi connectivity index (χ0n) is 14.9. The highest BCUT2D eigenvalue weighted by atomic mass is 79.9. The van der Waals surface area contributed by atoms with Crippen molar-refractivity contribution < 1.29 is 14.3 Å². The SMILES string of the molecule is CCOc1cc(Br)ccc1-c1nc(C(=O)OC)cc2c1[nH]c1ccccc12. The highest BCUT2D eigenvalue weighted by Gasteiger charge is 2.19. The van der Waals surface area contributed by atoms with Crippen molar-refractivity contribution in [3.8, 4) is 17.0 Å². The fourth-order valence-corrected chi connectivity index (χ4v) is 3.56. The molecule has 0 aliphatic heterocycles. The second kappa shape index (κ2) is 7.04. The van der Waals surface area contributed by atoms with Gasteiger partial charge in [-0.15, -0.1) is 0 Å². The topological polar surface area (TPSA) is 64.2 Å². The third-order valence-electron chi connectivity index (χ3n) is 4.39. The molecule has 5 nitrogen and oxygen atoms in total. The molecule has 0 saturated heterocycles. The summed E-state index contributed by atoms with van der Waals surface area (Å²) in [4.78, 5) is 20.3. The van der Waals surface area contributed by atoms with Crippen LogP contribution in [0.25, 0.3) is 33.1 Å². The Bertz CT molecular complexity index is 1170. The highest BCUT2D eigenvalue weighted by molar-refractivity contribution is 9.10. The Morgan fingerprint density at radius 1 is 1.15 bits per heavy atom. The van der Waals surface area contributed by atoms with Crippen LogP contribution in [0.2, 0.25) is 0 Å². The molecule has 4 aromatic rings. The Hall–Kier alpha value is -2.86. The first kappa shape index (κ1) is 17.5. The van der Waals surface area contributed by atoms with E-state index in [1.807, 2.05) is 49.4 Å². The number of ether oxygens (including phenoxy) is 2. The number of aromatic amines is 1. The highest BCUT2D eigenvalue weighted by Crippen LogP contribution is 2.38. The number of para-hydroxylation sites is 1. The molecule has 6 heteroatoms. The summed E-state index contributed by atoms with van der Waals surface area (Å²) in [6.45, 7) is 2.46. The molecule has 0 amide bonds. The first-order valence-electron chi connectivity index (χ1n) is 8.55. The lowest BCUT2D eigenvalue weighted by Gasteiger charge is -2.12. The van der Waals surface area contributed by atoms with Gasteiger partial charge in [-0.3, -0.25) is 0 Å². The van der Waals surface area contributed by atoms with Crippen molar-refractivity contribution in [2.45, 2.75) is 6.92 Å². The van der Waals surface area contributed by atoms with Crippen LogP contribution >= 0.6 is 15.9 Å². The zero-order chi connectivity index (χ0) is 19.0. The normalized spacial score (nSPS) is 11.1. The van der Waals surface area contributed by atoms with E-state index in [2.05, 4.69) is 25.9 Å². The first-order chi connectivity index (χ1) is 13.1. The van der Waals surface area contributed by atoms with Crippen LogP contribution < -0.4 is 4.74 Å². The van der Waals surface area contributed by atoms with Crippen molar-refractivity contribution in [2.75, 3.05) is 13.7 Å². The summed E-state index contributed by atoms with van der Waals surface area (Å²) in [7, 11) is 1.36. The van der Waals surface area contributed by atoms with Crippen molar-refractivity contribution >= 4 is 43.7 Å². The van der Waals surface area contributed by atoms with Gasteiger partial charge in [-0.25, -0.2) is 9.78 Å². The molecule has 0 atom stereocenters. The minimum Gasteiger partial charge on any atom is -0.493 e. The number of carbonyl (C=O) groups excluding carboxylic acids is 1. The van der Waals surface area contributed by atoms with E-state index < -0.39 is 5.97 Å². The molecule has 2 aromatic heterocycles. The van der Waals surface area contributed by atoms with Gasteiger partial charge in [0.2, 0.25) is 0 Å². The van der Waals surface area contributed by atoms with Gasteiger partial charge >= 0.3 is 5.97 Å². The van der Waals surface area contributed by atoms with Crippen LogP contribution in [0, 0.1) is 0 Å². The molecular formula is C21H17BrN2O3. The molecule has 0 aliphatic rings. The number of nitrogens with one attached hydrogen (secondary N) is 1. The number of fused-ring (bicyclic) bond motifs is 3. The van der Waals surface area contributed by atoms with E-state index in [0.29, 0.717) is 18.1 Å². The molecule has 0 aliphatic carbocycles. The molecular weight excluding hydrogens is 408 g/mol. The summed E-state index contributed by atoms with van der Waals surface area (Å²) < 4.78 is 11.6. The Morgan fingerprint density at radius 2 is 1.96 bits per heavy atom. The second-order valence-corrected chi connectivity index (χ2v) is 6.93. The lowest BCUT2D eigenvalue weighted by molar-refractivity contribution is 0.0594. The summed E-state index contributed by atoms with van der Waals surface area (Å²) in [6.07, 6.45) is 0. The van der Waals surface area contributed by atoms with Gasteiger partial charge in [0.1, 0.15) is 11.4 Å². The van der Waals surface area contributed by atoms with Crippen molar-refractivity contribution in [1.82, 2.24) is 9.97 Å². The summed E-state index contributed by atoms with van der Waals surface area (Å²) >= 11 is 3.48. The molecule has 0 spiro atoms. The minimum atomic E-state index is -0.474. The maximum atomic E-state index is 12.2. The van der Waals surface area contributed by atoms with Gasteiger partial charge in [0, 0.05) is 26.3 Å². The van der Waals surface area contributed by atoms with Gasteiger partial charge in [-0.05, 0) is 37.3 Å². The third-order valence-corrected chi connectivity index (χ3v) is 4.88. The molecule has 2 aromatic carbocycles. The number of H-pyrrole nitrogens is 1. The number of hydrogen-bond donors (Lipinski definition) is 1. The van der Waals surface area contributed by atoms with Crippen LogP contribution in [-0.2, 0) is 4.74 Å². The van der Waals surface area contributed by atoms with Gasteiger partial charge in [-0.2, -0.15) is 0 Å². The largest absolute Gasteiger partial charge is 0.493 e. The zero-order valence-corrected chi connectivity index (χ0v) is 16.5. The molecule has 136 valence electrons. The maximum absolute atomic E-state index is 12.2. The van der Waals surface area contributed by atoms with E-state index in [9.17, 15) is 4.79 Å². The summed E-state index contributed by atoms with van der Waals surface area (Å²) in [5.74, 6) is 0.222. The fraction of sp³-hybridized carbons (Fsp3) is 0.143. The van der Waals surface area contributed by atoms with Crippen molar-refractivity contribution in [3.05, 3.63) is 58.7 Å². The lowest BCUT2D eigenvalue weighted by Crippen LogP contribution is -2.05. The molecule has 0 bridgehead atoms. The molecule has 27 heavy (non-hydrogen) atoms. The summed E-state index contributed by atoms with van der Waals surface area (Å²) in [5, 5.41) is 1.94. The van der Waals surface area contributed by atoms with Crippen LogP contribution in [-0.4, -0.2) is 29.7 Å². The van der Waals surface area contributed by atoms with E-state index in [1.54, 1.807) is 6.07 Å². The van der Waals surface area contributed by atoms with Crippen molar-refractivity contribution in [3.63, 3.8) is 0 Å². The molecule has 0 unspecified atom stereocenters. The Kier molecular flexibility index (Phi) is 4.58. The Morgan fingerprint density at radius 3 is 2.74 bits per heavy atom. The number of hydrogen-bond acceptors (Lipinski definition) is 4. The summed E-state index contributed by atoms with van der Waals surface area (Å²) in [6, 6.07) is 15.5. The monoisotopic (exact) mass is 424 g/mol. The van der Waals surface area contributed by atoms with Crippen molar-refractivity contribution in [2.24, 2.45) is 0 Å². The lowest BCUT2D eigenvalue weighted by atomic mass is 10.1. The van der Waals surface area contributed by atoms with E-state index in [-0.39, 0.29) is 5.69 Å². The molecule has 0 saturated carbocycles. The maximum Gasteiger partial charge on any atom is 0.356 e. The minimum absolute atomic E-state index is 0.259. The molecule has 2 heterocycles. The number of carbonyl (C=O) groups is 1.